The van der Waals surface area contributed by atoms with Gasteiger partial charge in [-0.05, 0) is 54.6 Å². The number of aromatic nitrogens is 2. The molecule has 0 bridgehead atoms. The molecule has 0 fully saturated rings. The highest BCUT2D eigenvalue weighted by atomic mass is 16.5. The summed E-state index contributed by atoms with van der Waals surface area (Å²) >= 11 is 0. The number of rotatable bonds is 3. The van der Waals surface area contributed by atoms with E-state index in [1.165, 1.54) is 0 Å². The molecular weight excluding hydrogens is 278 g/mol. The first-order chi connectivity index (χ1) is 10.6. The molecule has 3 aromatic rings. The van der Waals surface area contributed by atoms with Crippen LogP contribution in [0.15, 0.2) is 41.5 Å². The number of nitrogens with one attached hydrogen (secondary N) is 2. The van der Waals surface area contributed by atoms with Gasteiger partial charge in [0.05, 0.1) is 12.5 Å². The van der Waals surface area contributed by atoms with E-state index in [1.54, 1.807) is 19.5 Å². The Morgan fingerprint density at radius 2 is 2.09 bits per heavy atom. The molecule has 1 aromatic carbocycles. The minimum atomic E-state index is -0.0694. The third-order valence-electron chi connectivity index (χ3n) is 3.77. The van der Waals surface area contributed by atoms with Crippen molar-refractivity contribution in [2.45, 2.75) is 13.8 Å². The molecule has 22 heavy (non-hydrogen) atoms. The molecule has 0 saturated heterocycles. The molecule has 3 rings (SSSR count). The summed E-state index contributed by atoms with van der Waals surface area (Å²) in [7, 11) is 1.61. The Labute approximate surface area is 128 Å². The standard InChI is InChI=1S/C17H17N3O2/c1-10-9-13(20-16-14(22-3)5-4-7-18-16)11(2)12-6-8-19-17(21)15(10)12/h4-9H,1-3H3,(H,18,20)(H,19,21). The maximum atomic E-state index is 12.0. The van der Waals surface area contributed by atoms with Gasteiger partial charge in [-0.1, -0.05) is 0 Å². The Hall–Kier alpha value is -2.82. The molecule has 5 nitrogen and oxygen atoms in total. The Morgan fingerprint density at radius 3 is 2.86 bits per heavy atom. The van der Waals surface area contributed by atoms with E-state index in [0.717, 1.165) is 27.6 Å². The summed E-state index contributed by atoms with van der Waals surface area (Å²) in [4.78, 5) is 19.0. The highest BCUT2D eigenvalue weighted by Gasteiger charge is 2.11. The van der Waals surface area contributed by atoms with Crippen LogP contribution in [0.3, 0.4) is 0 Å². The number of anilines is 2. The number of benzene rings is 1. The fourth-order valence-corrected chi connectivity index (χ4v) is 2.63. The van der Waals surface area contributed by atoms with Crippen LogP contribution in [-0.4, -0.2) is 17.1 Å². The number of aromatic amines is 1. The predicted octanol–water partition coefficient (Wildman–Crippen LogP) is 3.29. The van der Waals surface area contributed by atoms with Crippen LogP contribution in [0.4, 0.5) is 11.5 Å². The van der Waals surface area contributed by atoms with Gasteiger partial charge < -0.3 is 15.0 Å². The fraction of sp³-hybridized carbons (Fsp3) is 0.176. The lowest BCUT2D eigenvalue weighted by Gasteiger charge is -2.15. The number of ether oxygens (including phenoxy) is 1. The van der Waals surface area contributed by atoms with E-state index in [9.17, 15) is 4.79 Å². The lowest BCUT2D eigenvalue weighted by atomic mass is 10.0. The molecule has 0 spiro atoms. The zero-order valence-corrected chi connectivity index (χ0v) is 12.7. The largest absolute Gasteiger partial charge is 0.493 e. The number of aryl methyl sites for hydroxylation is 2. The molecule has 0 aliphatic rings. The van der Waals surface area contributed by atoms with Crippen molar-refractivity contribution in [2.24, 2.45) is 0 Å². The summed E-state index contributed by atoms with van der Waals surface area (Å²) in [6.07, 6.45) is 3.38. The van der Waals surface area contributed by atoms with Crippen LogP contribution in [0.2, 0.25) is 0 Å². The lowest BCUT2D eigenvalue weighted by Crippen LogP contribution is -2.08. The molecule has 2 aromatic heterocycles. The third kappa shape index (κ3) is 2.30. The van der Waals surface area contributed by atoms with Crippen LogP contribution in [-0.2, 0) is 0 Å². The minimum Gasteiger partial charge on any atom is -0.493 e. The molecule has 5 heteroatoms. The number of pyridine rings is 2. The van der Waals surface area contributed by atoms with Crippen LogP contribution in [0.5, 0.6) is 5.75 Å². The van der Waals surface area contributed by atoms with Gasteiger partial charge in [0.15, 0.2) is 11.6 Å². The number of hydrogen-bond donors (Lipinski definition) is 2. The Bertz CT molecular complexity index is 900. The first-order valence-corrected chi connectivity index (χ1v) is 6.99. The number of fused-ring (bicyclic) bond motifs is 1. The molecule has 0 amide bonds. The second-order valence-electron chi connectivity index (χ2n) is 5.14. The summed E-state index contributed by atoms with van der Waals surface area (Å²) < 4.78 is 5.31. The maximum absolute atomic E-state index is 12.0. The van der Waals surface area contributed by atoms with Gasteiger partial charge in [0.1, 0.15) is 0 Å². The summed E-state index contributed by atoms with van der Waals surface area (Å²) in [5.41, 5.74) is 2.76. The lowest BCUT2D eigenvalue weighted by molar-refractivity contribution is 0.415. The predicted molar refractivity (Wildman–Crippen MR) is 88.1 cm³/mol. The Balaban J connectivity index is 2.16. The highest BCUT2D eigenvalue weighted by Crippen LogP contribution is 2.31. The van der Waals surface area contributed by atoms with E-state index in [0.29, 0.717) is 11.6 Å². The molecule has 112 valence electrons. The maximum Gasteiger partial charge on any atom is 0.256 e. The second kappa shape index (κ2) is 5.52. The van der Waals surface area contributed by atoms with Crippen LogP contribution < -0.4 is 15.6 Å². The van der Waals surface area contributed by atoms with E-state index < -0.39 is 0 Å². The summed E-state index contributed by atoms with van der Waals surface area (Å²) in [5.74, 6) is 1.32. The SMILES string of the molecule is COc1cccnc1Nc1cc(C)c2c(=O)[nH]ccc2c1C. The van der Waals surface area contributed by atoms with Crippen molar-refractivity contribution in [3.05, 3.63) is 58.1 Å². The third-order valence-corrected chi connectivity index (χ3v) is 3.77. The molecule has 2 N–H and O–H groups in total. The van der Waals surface area contributed by atoms with Crippen LogP contribution in [0, 0.1) is 13.8 Å². The van der Waals surface area contributed by atoms with E-state index in [-0.39, 0.29) is 5.56 Å². The number of methoxy groups -OCH3 is 1. The summed E-state index contributed by atoms with van der Waals surface area (Å²) in [6.45, 7) is 3.91. The van der Waals surface area contributed by atoms with Crippen molar-refractivity contribution in [1.82, 2.24) is 9.97 Å². The average molecular weight is 295 g/mol. The summed E-state index contributed by atoms with van der Waals surface area (Å²) in [6, 6.07) is 7.55. The molecule has 0 saturated carbocycles. The van der Waals surface area contributed by atoms with Crippen molar-refractivity contribution in [3.63, 3.8) is 0 Å². The number of hydrogen-bond acceptors (Lipinski definition) is 4. The van der Waals surface area contributed by atoms with Crippen molar-refractivity contribution in [3.8, 4) is 5.75 Å². The van der Waals surface area contributed by atoms with E-state index in [4.69, 9.17) is 4.74 Å². The molecule has 0 atom stereocenters. The average Bonchev–Trinajstić information content (AvgIpc) is 2.52. The molecule has 0 aliphatic heterocycles. The Kier molecular flexibility index (Phi) is 3.55. The van der Waals surface area contributed by atoms with Crippen LogP contribution in [0.1, 0.15) is 11.1 Å². The van der Waals surface area contributed by atoms with Gasteiger partial charge in [0.2, 0.25) is 0 Å². The van der Waals surface area contributed by atoms with Crippen molar-refractivity contribution >= 4 is 22.3 Å². The smallest absolute Gasteiger partial charge is 0.256 e. The molecular formula is C17H17N3O2. The zero-order valence-electron chi connectivity index (χ0n) is 12.7. The van der Waals surface area contributed by atoms with Crippen molar-refractivity contribution in [1.29, 1.82) is 0 Å². The first-order valence-electron chi connectivity index (χ1n) is 6.99. The van der Waals surface area contributed by atoms with Gasteiger partial charge in [-0.3, -0.25) is 4.79 Å². The quantitative estimate of drug-likeness (QED) is 0.778. The molecule has 0 aliphatic carbocycles. The second-order valence-corrected chi connectivity index (χ2v) is 5.14. The monoisotopic (exact) mass is 295 g/mol. The molecule has 0 unspecified atom stereocenters. The van der Waals surface area contributed by atoms with Gasteiger partial charge in [0, 0.05) is 18.1 Å². The van der Waals surface area contributed by atoms with E-state index >= 15 is 0 Å². The minimum absolute atomic E-state index is 0.0694. The van der Waals surface area contributed by atoms with Gasteiger partial charge in [-0.25, -0.2) is 4.98 Å². The normalized spacial score (nSPS) is 10.7. The highest BCUT2D eigenvalue weighted by molar-refractivity contribution is 5.92. The number of nitrogens with zero attached hydrogens (tertiary/aromatic N) is 1. The Morgan fingerprint density at radius 1 is 1.27 bits per heavy atom. The van der Waals surface area contributed by atoms with Gasteiger partial charge in [0.25, 0.3) is 5.56 Å². The van der Waals surface area contributed by atoms with Crippen molar-refractivity contribution in [2.75, 3.05) is 12.4 Å². The fourth-order valence-electron chi connectivity index (χ4n) is 2.63. The molecule has 0 radical (unpaired) electrons. The van der Waals surface area contributed by atoms with Crippen LogP contribution in [0.25, 0.3) is 10.8 Å². The zero-order chi connectivity index (χ0) is 15.7. The van der Waals surface area contributed by atoms with E-state index in [1.807, 2.05) is 38.1 Å². The summed E-state index contributed by atoms with van der Waals surface area (Å²) in [5, 5.41) is 4.95. The van der Waals surface area contributed by atoms with Gasteiger partial charge in [-0.15, -0.1) is 0 Å². The molecule has 2 heterocycles. The van der Waals surface area contributed by atoms with Gasteiger partial charge in [-0.2, -0.15) is 0 Å². The van der Waals surface area contributed by atoms with E-state index in [2.05, 4.69) is 15.3 Å². The topological polar surface area (TPSA) is 67.0 Å². The van der Waals surface area contributed by atoms with Crippen molar-refractivity contribution < 1.29 is 4.74 Å². The van der Waals surface area contributed by atoms with Crippen LogP contribution >= 0.6 is 0 Å². The van der Waals surface area contributed by atoms with Gasteiger partial charge >= 0.3 is 0 Å². The first kappa shape index (κ1) is 14.1. The number of H-pyrrole nitrogens is 1.